The van der Waals surface area contributed by atoms with Crippen molar-refractivity contribution in [2.75, 3.05) is 33.4 Å². The molecular weight excluding hydrogens is 268 g/mol. The molecule has 0 aromatic heterocycles. The molecular formula is C12H20N2O4S. The molecule has 1 aromatic rings. The van der Waals surface area contributed by atoms with E-state index in [0.29, 0.717) is 0 Å². The van der Waals surface area contributed by atoms with Crippen LogP contribution >= 0.6 is 0 Å². The van der Waals surface area contributed by atoms with Crippen molar-refractivity contribution >= 4 is 10.2 Å². The minimum absolute atomic E-state index is 0.0258. The zero-order chi connectivity index (χ0) is 14.3. The lowest BCUT2D eigenvalue weighted by Gasteiger charge is -2.26. The molecule has 1 rings (SSSR count). The number of rotatable bonds is 8. The van der Waals surface area contributed by atoms with Gasteiger partial charge in [-0.05, 0) is 5.56 Å². The van der Waals surface area contributed by atoms with Crippen molar-refractivity contribution in [3.05, 3.63) is 35.9 Å². The fourth-order valence-corrected chi connectivity index (χ4v) is 3.02. The minimum Gasteiger partial charge on any atom is -0.395 e. The van der Waals surface area contributed by atoms with Gasteiger partial charge in [-0.15, -0.1) is 0 Å². The standard InChI is InChI=1S/C12H20N2O4S/c1-13(11-12-5-3-2-4-6-12)19(17,18)14(7-9-15)8-10-16/h2-6,15-16H,7-11H2,1H3. The molecule has 0 bridgehead atoms. The highest BCUT2D eigenvalue weighted by molar-refractivity contribution is 7.86. The normalized spacial score (nSPS) is 12.3. The van der Waals surface area contributed by atoms with Crippen molar-refractivity contribution < 1.29 is 18.6 Å². The van der Waals surface area contributed by atoms with Crippen LogP contribution in [0.2, 0.25) is 0 Å². The summed E-state index contributed by atoms with van der Waals surface area (Å²) in [4.78, 5) is 0. The summed E-state index contributed by atoms with van der Waals surface area (Å²) in [6, 6.07) is 9.23. The molecule has 0 saturated carbocycles. The van der Waals surface area contributed by atoms with Gasteiger partial charge < -0.3 is 10.2 Å². The molecule has 1 aromatic carbocycles. The highest BCUT2D eigenvalue weighted by Crippen LogP contribution is 2.10. The third-order valence-corrected chi connectivity index (χ3v) is 4.60. The molecule has 0 heterocycles. The van der Waals surface area contributed by atoms with Crippen LogP contribution in [-0.4, -0.2) is 60.6 Å². The number of nitrogens with zero attached hydrogens (tertiary/aromatic N) is 2. The first-order valence-corrected chi connectivity index (χ1v) is 7.39. The second kappa shape index (κ2) is 7.56. The smallest absolute Gasteiger partial charge is 0.282 e. The molecule has 0 fully saturated rings. The van der Waals surface area contributed by atoms with E-state index >= 15 is 0 Å². The van der Waals surface area contributed by atoms with E-state index in [1.54, 1.807) is 0 Å². The molecule has 0 aliphatic carbocycles. The average Bonchev–Trinajstić information content (AvgIpc) is 2.39. The molecule has 19 heavy (non-hydrogen) atoms. The van der Waals surface area contributed by atoms with Crippen LogP contribution in [0.3, 0.4) is 0 Å². The fraction of sp³-hybridized carbons (Fsp3) is 0.500. The quantitative estimate of drug-likeness (QED) is 0.685. The van der Waals surface area contributed by atoms with Crippen LogP contribution in [-0.2, 0) is 16.8 Å². The van der Waals surface area contributed by atoms with E-state index < -0.39 is 10.2 Å². The Hall–Kier alpha value is -0.990. The highest BCUT2D eigenvalue weighted by atomic mass is 32.2. The maximum Gasteiger partial charge on any atom is 0.282 e. The topological polar surface area (TPSA) is 81.1 Å². The fourth-order valence-electron chi connectivity index (χ4n) is 1.68. The summed E-state index contributed by atoms with van der Waals surface area (Å²) in [5.41, 5.74) is 0.876. The van der Waals surface area contributed by atoms with Crippen LogP contribution < -0.4 is 0 Å². The lowest BCUT2D eigenvalue weighted by atomic mass is 10.2. The summed E-state index contributed by atoms with van der Waals surface area (Å²) in [6.07, 6.45) is 0. The Kier molecular flexibility index (Phi) is 6.40. The van der Waals surface area contributed by atoms with E-state index in [0.717, 1.165) is 9.87 Å². The predicted molar refractivity (Wildman–Crippen MR) is 72.6 cm³/mol. The number of benzene rings is 1. The monoisotopic (exact) mass is 288 g/mol. The van der Waals surface area contributed by atoms with Gasteiger partial charge in [0.25, 0.3) is 10.2 Å². The Morgan fingerprint density at radius 2 is 1.58 bits per heavy atom. The van der Waals surface area contributed by atoms with E-state index in [2.05, 4.69) is 0 Å². The summed E-state index contributed by atoms with van der Waals surface area (Å²) < 4.78 is 26.8. The first kappa shape index (κ1) is 16.1. The zero-order valence-electron chi connectivity index (χ0n) is 10.9. The molecule has 7 heteroatoms. The lowest BCUT2D eigenvalue weighted by Crippen LogP contribution is -2.44. The largest absolute Gasteiger partial charge is 0.395 e. The van der Waals surface area contributed by atoms with E-state index in [4.69, 9.17) is 10.2 Å². The molecule has 6 nitrogen and oxygen atoms in total. The minimum atomic E-state index is -3.68. The second-order valence-electron chi connectivity index (χ2n) is 4.10. The Labute approximate surface area is 114 Å². The average molecular weight is 288 g/mol. The third kappa shape index (κ3) is 4.55. The molecule has 0 radical (unpaired) electrons. The van der Waals surface area contributed by atoms with Crippen LogP contribution in [0, 0.1) is 0 Å². The molecule has 0 atom stereocenters. The summed E-state index contributed by atoms with van der Waals surface area (Å²) in [7, 11) is -2.20. The van der Waals surface area contributed by atoms with Crippen molar-refractivity contribution in [3.63, 3.8) is 0 Å². The summed E-state index contributed by atoms with van der Waals surface area (Å²) in [5, 5.41) is 17.8. The molecule has 0 unspecified atom stereocenters. The molecule has 0 aliphatic rings. The van der Waals surface area contributed by atoms with Gasteiger partial charge in [-0.2, -0.15) is 17.0 Å². The van der Waals surface area contributed by atoms with Crippen molar-refractivity contribution in [2.45, 2.75) is 6.54 Å². The van der Waals surface area contributed by atoms with Gasteiger partial charge in [-0.1, -0.05) is 30.3 Å². The molecule has 0 amide bonds. The summed E-state index contributed by atoms with van der Waals surface area (Å²) >= 11 is 0. The van der Waals surface area contributed by atoms with Gasteiger partial charge in [-0.3, -0.25) is 0 Å². The second-order valence-corrected chi connectivity index (χ2v) is 6.13. The predicted octanol–water partition coefficient (Wildman–Crippen LogP) is -0.350. The molecule has 108 valence electrons. The van der Waals surface area contributed by atoms with Gasteiger partial charge in [0.05, 0.1) is 13.2 Å². The van der Waals surface area contributed by atoms with E-state index in [1.807, 2.05) is 30.3 Å². The van der Waals surface area contributed by atoms with Crippen LogP contribution in [0.25, 0.3) is 0 Å². The van der Waals surface area contributed by atoms with E-state index in [9.17, 15) is 8.42 Å². The lowest BCUT2D eigenvalue weighted by molar-refractivity contribution is 0.210. The van der Waals surface area contributed by atoms with Crippen molar-refractivity contribution in [1.82, 2.24) is 8.61 Å². The van der Waals surface area contributed by atoms with Crippen molar-refractivity contribution in [2.24, 2.45) is 0 Å². The van der Waals surface area contributed by atoms with E-state index in [-0.39, 0.29) is 32.8 Å². The maximum absolute atomic E-state index is 12.2. The molecule has 0 saturated heterocycles. The molecule has 0 spiro atoms. The van der Waals surface area contributed by atoms with Gasteiger partial charge in [-0.25, -0.2) is 0 Å². The Bertz CT molecular complexity index is 458. The van der Waals surface area contributed by atoms with Gasteiger partial charge in [0, 0.05) is 26.7 Å². The summed E-state index contributed by atoms with van der Waals surface area (Å²) in [6.45, 7) is -0.364. The molecule has 0 aliphatic heterocycles. The van der Waals surface area contributed by atoms with Crippen LogP contribution in [0.4, 0.5) is 0 Å². The number of hydrogen-bond donors (Lipinski definition) is 2. The van der Waals surface area contributed by atoms with Crippen molar-refractivity contribution in [3.8, 4) is 0 Å². The van der Waals surface area contributed by atoms with Gasteiger partial charge >= 0.3 is 0 Å². The first-order chi connectivity index (χ1) is 9.02. The van der Waals surface area contributed by atoms with Crippen LogP contribution in [0.1, 0.15) is 5.56 Å². The van der Waals surface area contributed by atoms with Gasteiger partial charge in [0.1, 0.15) is 0 Å². The Morgan fingerprint density at radius 1 is 1.05 bits per heavy atom. The Balaban J connectivity index is 2.79. The zero-order valence-corrected chi connectivity index (χ0v) is 11.8. The summed E-state index contributed by atoms with van der Waals surface area (Å²) in [5.74, 6) is 0. The number of aliphatic hydroxyl groups excluding tert-OH is 2. The van der Waals surface area contributed by atoms with Crippen LogP contribution in [0.5, 0.6) is 0 Å². The van der Waals surface area contributed by atoms with E-state index in [1.165, 1.54) is 11.4 Å². The maximum atomic E-state index is 12.2. The highest BCUT2D eigenvalue weighted by Gasteiger charge is 2.26. The van der Waals surface area contributed by atoms with Crippen molar-refractivity contribution in [1.29, 1.82) is 0 Å². The van der Waals surface area contributed by atoms with Gasteiger partial charge in [0.2, 0.25) is 0 Å². The van der Waals surface area contributed by atoms with Gasteiger partial charge in [0.15, 0.2) is 0 Å². The molecule has 2 N–H and O–H groups in total. The number of aliphatic hydroxyl groups is 2. The number of hydrogen-bond acceptors (Lipinski definition) is 4. The third-order valence-electron chi connectivity index (χ3n) is 2.67. The first-order valence-electron chi connectivity index (χ1n) is 5.99. The SMILES string of the molecule is CN(Cc1ccccc1)S(=O)(=O)N(CCO)CCO. The van der Waals surface area contributed by atoms with Crippen LogP contribution in [0.15, 0.2) is 30.3 Å². The Morgan fingerprint density at radius 3 is 2.05 bits per heavy atom.